The Bertz CT molecular complexity index is 915. The molecule has 0 atom stereocenters. The highest BCUT2D eigenvalue weighted by Gasteiger charge is 2.25. The van der Waals surface area contributed by atoms with Crippen LogP contribution in [0, 0.1) is 12.8 Å². The number of hydrogen-bond acceptors (Lipinski definition) is 4. The Morgan fingerprint density at radius 3 is 2.65 bits per heavy atom. The zero-order valence-corrected chi connectivity index (χ0v) is 14.9. The molecule has 1 amide bonds. The average Bonchev–Trinajstić information content (AvgIpc) is 2.68. The van der Waals surface area contributed by atoms with Gasteiger partial charge in [0, 0.05) is 30.6 Å². The maximum atomic E-state index is 12.6. The number of nitrogens with zero attached hydrogens (tertiary/aromatic N) is 3. The predicted molar refractivity (Wildman–Crippen MR) is 104 cm³/mol. The molecule has 3 heterocycles. The van der Waals surface area contributed by atoms with Gasteiger partial charge in [-0.1, -0.05) is 24.3 Å². The van der Waals surface area contributed by atoms with Gasteiger partial charge in [-0.2, -0.15) is 0 Å². The van der Waals surface area contributed by atoms with Crippen molar-refractivity contribution in [1.29, 1.82) is 0 Å². The highest BCUT2D eigenvalue weighted by atomic mass is 16.1. The van der Waals surface area contributed by atoms with Crippen molar-refractivity contribution >= 4 is 28.3 Å². The smallest absolute Gasteiger partial charge is 0.227 e. The fraction of sp³-hybridized carbons (Fsp3) is 0.286. The molecule has 1 aromatic carbocycles. The van der Waals surface area contributed by atoms with Crippen LogP contribution in [0.15, 0.2) is 54.9 Å². The van der Waals surface area contributed by atoms with Gasteiger partial charge in [-0.3, -0.25) is 9.78 Å². The van der Waals surface area contributed by atoms with E-state index < -0.39 is 0 Å². The van der Waals surface area contributed by atoms with Gasteiger partial charge in [0.25, 0.3) is 0 Å². The van der Waals surface area contributed by atoms with Crippen molar-refractivity contribution < 1.29 is 4.79 Å². The highest BCUT2D eigenvalue weighted by molar-refractivity contribution is 5.94. The van der Waals surface area contributed by atoms with E-state index in [0.717, 1.165) is 53.9 Å². The van der Waals surface area contributed by atoms with Gasteiger partial charge in [-0.15, -0.1) is 0 Å². The number of carbonyl (C=O) groups is 1. The molecule has 5 heteroatoms. The molecule has 26 heavy (non-hydrogen) atoms. The molecule has 1 N–H and O–H groups in total. The average molecular weight is 346 g/mol. The molecule has 1 saturated heterocycles. The summed E-state index contributed by atoms with van der Waals surface area (Å²) < 4.78 is 0. The number of hydrogen-bond donors (Lipinski definition) is 1. The summed E-state index contributed by atoms with van der Waals surface area (Å²) in [6, 6.07) is 14.0. The normalized spacial score (nSPS) is 15.2. The molecular weight excluding hydrogens is 324 g/mol. The first-order valence-corrected chi connectivity index (χ1v) is 9.02. The van der Waals surface area contributed by atoms with Crippen LogP contribution in [0.25, 0.3) is 10.9 Å². The minimum Gasteiger partial charge on any atom is -0.357 e. The fourth-order valence-corrected chi connectivity index (χ4v) is 3.40. The molecule has 5 nitrogen and oxygen atoms in total. The summed E-state index contributed by atoms with van der Waals surface area (Å²) in [6.07, 6.45) is 5.29. The van der Waals surface area contributed by atoms with Crippen molar-refractivity contribution in [3.05, 3.63) is 60.4 Å². The second-order valence-electron chi connectivity index (χ2n) is 6.86. The molecule has 2 aromatic heterocycles. The van der Waals surface area contributed by atoms with Gasteiger partial charge in [0.15, 0.2) is 0 Å². The molecule has 4 rings (SSSR count). The maximum absolute atomic E-state index is 12.6. The Labute approximate surface area is 153 Å². The zero-order valence-electron chi connectivity index (χ0n) is 14.9. The standard InChI is InChI=1S/C21H22N4O/c1-15-6-7-20(23-13-15)25-10-8-16(9-11-25)21(26)24-18-12-17-4-2-3-5-19(17)22-14-18/h2-7,12-14,16H,8-11H2,1H3,(H,24,26). The minimum absolute atomic E-state index is 0.0307. The Balaban J connectivity index is 1.37. The van der Waals surface area contributed by atoms with E-state index in [2.05, 4.69) is 32.3 Å². The van der Waals surface area contributed by atoms with Crippen molar-refractivity contribution in [3.8, 4) is 0 Å². The lowest BCUT2D eigenvalue weighted by Crippen LogP contribution is -2.38. The number of anilines is 2. The molecule has 0 unspecified atom stereocenters. The number of rotatable bonds is 3. The molecule has 0 bridgehead atoms. The predicted octanol–water partition coefficient (Wildman–Crippen LogP) is 3.79. The summed E-state index contributed by atoms with van der Waals surface area (Å²) in [6.45, 7) is 3.74. The number of para-hydroxylation sites is 1. The van der Waals surface area contributed by atoms with Crippen molar-refractivity contribution in [2.75, 3.05) is 23.3 Å². The number of amides is 1. The van der Waals surface area contributed by atoms with Crippen molar-refractivity contribution in [3.63, 3.8) is 0 Å². The fourth-order valence-electron chi connectivity index (χ4n) is 3.40. The van der Waals surface area contributed by atoms with Gasteiger partial charge in [-0.05, 0) is 43.5 Å². The van der Waals surface area contributed by atoms with E-state index in [0.29, 0.717) is 0 Å². The van der Waals surface area contributed by atoms with E-state index in [1.165, 1.54) is 0 Å². The summed E-state index contributed by atoms with van der Waals surface area (Å²) >= 11 is 0. The van der Waals surface area contributed by atoms with Crippen LogP contribution in [0.2, 0.25) is 0 Å². The largest absolute Gasteiger partial charge is 0.357 e. The quantitative estimate of drug-likeness (QED) is 0.784. The number of pyridine rings is 2. The van der Waals surface area contributed by atoms with Crippen molar-refractivity contribution in [2.45, 2.75) is 19.8 Å². The number of carbonyl (C=O) groups excluding carboxylic acids is 1. The molecule has 132 valence electrons. The van der Waals surface area contributed by atoms with Crippen LogP contribution in [0.3, 0.4) is 0 Å². The minimum atomic E-state index is 0.0307. The zero-order chi connectivity index (χ0) is 17.9. The van der Waals surface area contributed by atoms with Crippen LogP contribution in [0.4, 0.5) is 11.5 Å². The Morgan fingerprint density at radius 1 is 1.08 bits per heavy atom. The van der Waals surface area contributed by atoms with Crippen molar-refractivity contribution in [1.82, 2.24) is 9.97 Å². The Kier molecular flexibility index (Phi) is 4.52. The van der Waals surface area contributed by atoms with Crippen molar-refractivity contribution in [2.24, 2.45) is 5.92 Å². The molecular formula is C21H22N4O. The molecule has 1 aliphatic heterocycles. The summed E-state index contributed by atoms with van der Waals surface area (Å²) in [5.41, 5.74) is 2.85. The van der Waals surface area contributed by atoms with Gasteiger partial charge in [0.2, 0.25) is 5.91 Å². The lowest BCUT2D eigenvalue weighted by molar-refractivity contribution is -0.120. The van der Waals surface area contributed by atoms with Crippen LogP contribution in [0.5, 0.6) is 0 Å². The van der Waals surface area contributed by atoms with Gasteiger partial charge in [0.1, 0.15) is 5.82 Å². The molecule has 1 aliphatic rings. The first-order chi connectivity index (χ1) is 12.7. The second kappa shape index (κ2) is 7.12. The summed E-state index contributed by atoms with van der Waals surface area (Å²) in [4.78, 5) is 23.8. The first kappa shape index (κ1) is 16.5. The van der Waals surface area contributed by atoms with E-state index >= 15 is 0 Å². The van der Waals surface area contributed by atoms with E-state index in [9.17, 15) is 4.79 Å². The van der Waals surface area contributed by atoms with Crippen LogP contribution < -0.4 is 10.2 Å². The van der Waals surface area contributed by atoms with E-state index in [4.69, 9.17) is 0 Å². The lowest BCUT2D eigenvalue weighted by Gasteiger charge is -2.32. The number of nitrogens with one attached hydrogen (secondary N) is 1. The maximum Gasteiger partial charge on any atom is 0.227 e. The van der Waals surface area contributed by atoms with Crippen LogP contribution in [0.1, 0.15) is 18.4 Å². The van der Waals surface area contributed by atoms with Gasteiger partial charge in [0.05, 0.1) is 17.4 Å². The Hall–Kier alpha value is -2.95. The van der Waals surface area contributed by atoms with E-state index in [1.54, 1.807) is 6.20 Å². The first-order valence-electron chi connectivity index (χ1n) is 9.02. The second-order valence-corrected chi connectivity index (χ2v) is 6.86. The van der Waals surface area contributed by atoms with Gasteiger partial charge < -0.3 is 10.2 Å². The monoisotopic (exact) mass is 346 g/mol. The third-order valence-corrected chi connectivity index (χ3v) is 4.94. The molecule has 1 fully saturated rings. The SMILES string of the molecule is Cc1ccc(N2CCC(C(=O)Nc3cnc4ccccc4c3)CC2)nc1. The van der Waals surface area contributed by atoms with E-state index in [-0.39, 0.29) is 11.8 Å². The van der Waals surface area contributed by atoms with Crippen LogP contribution in [-0.4, -0.2) is 29.0 Å². The number of aryl methyl sites for hydroxylation is 1. The van der Waals surface area contributed by atoms with Crippen LogP contribution >= 0.6 is 0 Å². The molecule has 0 radical (unpaired) electrons. The molecule has 3 aromatic rings. The topological polar surface area (TPSA) is 58.1 Å². The van der Waals surface area contributed by atoms with Crippen LogP contribution in [-0.2, 0) is 4.79 Å². The number of aromatic nitrogens is 2. The highest BCUT2D eigenvalue weighted by Crippen LogP contribution is 2.24. The summed E-state index contributed by atoms with van der Waals surface area (Å²) in [7, 11) is 0. The summed E-state index contributed by atoms with van der Waals surface area (Å²) in [5.74, 6) is 1.11. The lowest BCUT2D eigenvalue weighted by atomic mass is 9.95. The third-order valence-electron chi connectivity index (χ3n) is 4.94. The third kappa shape index (κ3) is 3.52. The number of fused-ring (bicyclic) bond motifs is 1. The molecule has 0 spiro atoms. The summed E-state index contributed by atoms with van der Waals surface area (Å²) in [5, 5.41) is 4.06. The molecule has 0 saturated carbocycles. The molecule has 0 aliphatic carbocycles. The number of piperidine rings is 1. The van der Waals surface area contributed by atoms with Gasteiger partial charge >= 0.3 is 0 Å². The van der Waals surface area contributed by atoms with Gasteiger partial charge in [-0.25, -0.2) is 4.98 Å². The Morgan fingerprint density at radius 2 is 1.88 bits per heavy atom. The van der Waals surface area contributed by atoms with E-state index in [1.807, 2.05) is 43.5 Å². The number of benzene rings is 1.